The van der Waals surface area contributed by atoms with Gasteiger partial charge in [-0.15, -0.1) is 0 Å². The van der Waals surface area contributed by atoms with Gasteiger partial charge in [-0.3, -0.25) is 0 Å². The maximum Gasteiger partial charge on any atom is 0.164 e. The van der Waals surface area contributed by atoms with Gasteiger partial charge in [-0.25, -0.2) is 13.7 Å². The van der Waals surface area contributed by atoms with Gasteiger partial charge in [0.15, 0.2) is 11.6 Å². The van der Waals surface area contributed by atoms with Crippen molar-refractivity contribution in [1.82, 2.24) is 0 Å². The van der Waals surface area contributed by atoms with Gasteiger partial charge in [-0.05, 0) is 12.1 Å². The van der Waals surface area contributed by atoms with Crippen molar-refractivity contribution in [3.05, 3.63) is 24.0 Å². The zero-order chi connectivity index (χ0) is 8.43. The molecule has 0 heterocycles. The summed E-state index contributed by atoms with van der Waals surface area (Å²) in [6.45, 7) is 0. The van der Waals surface area contributed by atoms with Crippen LogP contribution in [-0.2, 0) is 11.0 Å². The number of rotatable bonds is 1. The Morgan fingerprint density at radius 1 is 1.55 bits per heavy atom. The van der Waals surface area contributed by atoms with Gasteiger partial charge in [0.25, 0.3) is 0 Å². The van der Waals surface area contributed by atoms with Gasteiger partial charge in [-0.1, -0.05) is 0 Å². The molecule has 60 valence electrons. The normalized spacial score (nSPS) is 12.9. The van der Waals surface area contributed by atoms with Crippen LogP contribution in [0, 0.1) is 5.82 Å². The second-order valence-electron chi connectivity index (χ2n) is 1.91. The van der Waals surface area contributed by atoms with Crippen LogP contribution in [0.15, 0.2) is 23.1 Å². The van der Waals surface area contributed by atoms with E-state index in [1.807, 2.05) is 0 Å². The lowest BCUT2D eigenvalue weighted by Gasteiger charge is -1.97. The predicted molar refractivity (Wildman–Crippen MR) is 38.7 cm³/mol. The molecule has 0 aliphatic carbocycles. The highest BCUT2D eigenvalue weighted by Gasteiger charge is 2.03. The maximum atomic E-state index is 12.4. The van der Waals surface area contributed by atoms with Crippen molar-refractivity contribution in [2.24, 2.45) is 5.14 Å². The molecule has 0 saturated heterocycles. The molecule has 0 fully saturated rings. The fraction of sp³-hybridized carbons (Fsp3) is 0. The number of aromatic hydroxyl groups is 1. The number of benzene rings is 1. The molecular formula is C6H6FNO2S. The van der Waals surface area contributed by atoms with Crippen LogP contribution in [-0.4, -0.2) is 9.32 Å². The summed E-state index contributed by atoms with van der Waals surface area (Å²) in [4.78, 5) is 0.198. The van der Waals surface area contributed by atoms with E-state index < -0.39 is 22.6 Å². The molecule has 11 heavy (non-hydrogen) atoms. The van der Waals surface area contributed by atoms with E-state index in [0.29, 0.717) is 0 Å². The monoisotopic (exact) mass is 175 g/mol. The van der Waals surface area contributed by atoms with Gasteiger partial charge in [0.2, 0.25) is 0 Å². The Hall–Kier alpha value is -0.940. The van der Waals surface area contributed by atoms with E-state index in [4.69, 9.17) is 10.2 Å². The second-order valence-corrected chi connectivity index (χ2v) is 2.98. The molecule has 3 N–H and O–H groups in total. The first-order chi connectivity index (χ1) is 5.11. The summed E-state index contributed by atoms with van der Waals surface area (Å²) < 4.78 is 22.9. The van der Waals surface area contributed by atoms with E-state index in [0.717, 1.165) is 12.1 Å². The number of halogens is 1. The SMILES string of the molecule is NS(=O)c1ccc(F)c(O)c1. The highest BCUT2D eigenvalue weighted by Crippen LogP contribution is 2.17. The Balaban J connectivity index is 3.15. The molecule has 0 aliphatic heterocycles. The third kappa shape index (κ3) is 1.75. The van der Waals surface area contributed by atoms with Crippen LogP contribution >= 0.6 is 0 Å². The minimum absolute atomic E-state index is 0.198. The van der Waals surface area contributed by atoms with Crippen molar-refractivity contribution in [1.29, 1.82) is 0 Å². The van der Waals surface area contributed by atoms with Gasteiger partial charge in [0.1, 0.15) is 11.0 Å². The standard InChI is InChI=1S/C6H6FNO2S/c7-5-2-1-4(11(8)10)3-6(5)9/h1-3,9H,8H2. The van der Waals surface area contributed by atoms with E-state index in [-0.39, 0.29) is 4.90 Å². The van der Waals surface area contributed by atoms with Crippen molar-refractivity contribution in [2.45, 2.75) is 4.90 Å². The van der Waals surface area contributed by atoms with E-state index in [2.05, 4.69) is 0 Å². The third-order valence-corrected chi connectivity index (χ3v) is 1.87. The minimum Gasteiger partial charge on any atom is -0.505 e. The lowest BCUT2D eigenvalue weighted by molar-refractivity contribution is 0.430. The first-order valence-electron chi connectivity index (χ1n) is 2.76. The summed E-state index contributed by atoms with van der Waals surface area (Å²) >= 11 is 0. The Kier molecular flexibility index (Phi) is 2.21. The zero-order valence-corrected chi connectivity index (χ0v) is 6.27. The van der Waals surface area contributed by atoms with Crippen LogP contribution in [0.3, 0.4) is 0 Å². The molecule has 0 aliphatic rings. The van der Waals surface area contributed by atoms with Gasteiger partial charge in [0.05, 0.1) is 4.90 Å². The molecule has 1 unspecified atom stereocenters. The van der Waals surface area contributed by atoms with Gasteiger partial charge in [-0.2, -0.15) is 0 Å². The molecule has 1 aromatic rings. The molecule has 3 nitrogen and oxygen atoms in total. The number of phenols is 1. The van der Waals surface area contributed by atoms with Crippen LogP contribution in [0.5, 0.6) is 5.75 Å². The second kappa shape index (κ2) is 2.98. The summed E-state index contributed by atoms with van der Waals surface area (Å²) in [7, 11) is -1.67. The Morgan fingerprint density at radius 3 is 2.64 bits per heavy atom. The van der Waals surface area contributed by atoms with Gasteiger partial charge < -0.3 is 5.11 Å². The molecule has 0 radical (unpaired) electrons. The highest BCUT2D eigenvalue weighted by atomic mass is 32.2. The van der Waals surface area contributed by atoms with Crippen LogP contribution in [0.4, 0.5) is 4.39 Å². The van der Waals surface area contributed by atoms with E-state index in [9.17, 15) is 8.60 Å². The smallest absolute Gasteiger partial charge is 0.164 e. The topological polar surface area (TPSA) is 63.3 Å². The van der Waals surface area contributed by atoms with Crippen LogP contribution in [0.1, 0.15) is 0 Å². The first kappa shape index (κ1) is 8.16. The molecule has 0 amide bonds. The highest BCUT2D eigenvalue weighted by molar-refractivity contribution is 7.82. The van der Waals surface area contributed by atoms with Crippen molar-refractivity contribution in [2.75, 3.05) is 0 Å². The minimum atomic E-state index is -1.67. The molecule has 0 bridgehead atoms. The van der Waals surface area contributed by atoms with E-state index >= 15 is 0 Å². The number of nitrogens with two attached hydrogens (primary N) is 1. The van der Waals surface area contributed by atoms with Crippen LogP contribution < -0.4 is 5.14 Å². The van der Waals surface area contributed by atoms with Crippen molar-refractivity contribution < 1.29 is 13.7 Å². The molecule has 0 spiro atoms. The molecule has 1 aromatic carbocycles. The number of hydrogen-bond acceptors (Lipinski definition) is 2. The van der Waals surface area contributed by atoms with Gasteiger partial charge >= 0.3 is 0 Å². The molecule has 1 rings (SSSR count). The average molecular weight is 175 g/mol. The third-order valence-electron chi connectivity index (χ3n) is 1.15. The van der Waals surface area contributed by atoms with Crippen molar-refractivity contribution in [3.63, 3.8) is 0 Å². The summed E-state index contributed by atoms with van der Waals surface area (Å²) in [5.74, 6) is -1.29. The summed E-state index contributed by atoms with van der Waals surface area (Å²) in [6.07, 6.45) is 0. The summed E-state index contributed by atoms with van der Waals surface area (Å²) in [6, 6.07) is 3.30. The quantitative estimate of drug-likeness (QED) is 0.653. The first-order valence-corrected chi connectivity index (χ1v) is 3.97. The summed E-state index contributed by atoms with van der Waals surface area (Å²) in [5.41, 5.74) is 0. The zero-order valence-electron chi connectivity index (χ0n) is 5.45. The molecule has 5 heteroatoms. The average Bonchev–Trinajstić information content (AvgIpc) is 1.94. The van der Waals surface area contributed by atoms with Crippen LogP contribution in [0.25, 0.3) is 0 Å². The van der Waals surface area contributed by atoms with Crippen molar-refractivity contribution in [3.8, 4) is 5.75 Å². The number of hydrogen-bond donors (Lipinski definition) is 2. The fourth-order valence-corrected chi connectivity index (χ4v) is 1.05. The van der Waals surface area contributed by atoms with Crippen molar-refractivity contribution >= 4 is 11.0 Å². The Labute approximate surface area is 65.2 Å². The molecular weight excluding hydrogens is 169 g/mol. The Morgan fingerprint density at radius 2 is 2.18 bits per heavy atom. The van der Waals surface area contributed by atoms with E-state index in [1.165, 1.54) is 6.07 Å². The van der Waals surface area contributed by atoms with E-state index in [1.54, 1.807) is 0 Å². The lowest BCUT2D eigenvalue weighted by Crippen LogP contribution is -2.02. The number of phenolic OH excluding ortho intramolecular Hbond substituents is 1. The largest absolute Gasteiger partial charge is 0.505 e. The Bertz CT molecular complexity index is 303. The van der Waals surface area contributed by atoms with Crippen LogP contribution in [0.2, 0.25) is 0 Å². The molecule has 0 saturated carbocycles. The lowest BCUT2D eigenvalue weighted by atomic mass is 10.3. The molecule has 0 aromatic heterocycles. The fourth-order valence-electron chi connectivity index (χ4n) is 0.618. The maximum absolute atomic E-state index is 12.4. The summed E-state index contributed by atoms with van der Waals surface area (Å²) in [5, 5.41) is 13.8. The molecule has 1 atom stereocenters. The predicted octanol–water partition coefficient (Wildman–Crippen LogP) is 0.513. The van der Waals surface area contributed by atoms with Gasteiger partial charge in [0, 0.05) is 6.07 Å².